The SMILES string of the molecule is Cn1ncc2c1CN(C(=O)Cc1nc(-c3cccnc3)ccc1N)C2. The van der Waals surface area contributed by atoms with Gasteiger partial charge in [0.1, 0.15) is 0 Å². The fourth-order valence-corrected chi connectivity index (χ4v) is 3.05. The van der Waals surface area contributed by atoms with Crippen molar-refractivity contribution in [1.82, 2.24) is 24.6 Å². The van der Waals surface area contributed by atoms with E-state index in [1.165, 1.54) is 0 Å². The van der Waals surface area contributed by atoms with Crippen LogP contribution in [0.1, 0.15) is 17.0 Å². The molecule has 4 heterocycles. The number of pyridine rings is 2. The van der Waals surface area contributed by atoms with E-state index in [1.807, 2.05) is 41.0 Å². The zero-order valence-corrected chi connectivity index (χ0v) is 13.9. The lowest BCUT2D eigenvalue weighted by Crippen LogP contribution is -2.28. The Morgan fingerprint density at radius 3 is 2.88 bits per heavy atom. The molecule has 3 aromatic heterocycles. The van der Waals surface area contributed by atoms with Gasteiger partial charge in [-0.1, -0.05) is 0 Å². The van der Waals surface area contributed by atoms with Crippen LogP contribution >= 0.6 is 0 Å². The summed E-state index contributed by atoms with van der Waals surface area (Å²) in [4.78, 5) is 23.2. The molecule has 3 aromatic rings. The smallest absolute Gasteiger partial charge is 0.229 e. The van der Waals surface area contributed by atoms with E-state index in [-0.39, 0.29) is 12.3 Å². The molecule has 1 aliphatic rings. The molecule has 0 saturated carbocycles. The van der Waals surface area contributed by atoms with Gasteiger partial charge in [0, 0.05) is 37.1 Å². The lowest BCUT2D eigenvalue weighted by atomic mass is 10.1. The lowest BCUT2D eigenvalue weighted by molar-refractivity contribution is -0.131. The van der Waals surface area contributed by atoms with E-state index in [0.29, 0.717) is 24.5 Å². The molecule has 0 fully saturated rings. The minimum Gasteiger partial charge on any atom is -0.397 e. The molecule has 7 heteroatoms. The first-order valence-electron chi connectivity index (χ1n) is 8.05. The first kappa shape index (κ1) is 15.3. The fraction of sp³-hybridized carbons (Fsp3) is 0.222. The number of carbonyl (C=O) groups is 1. The van der Waals surface area contributed by atoms with Crippen molar-refractivity contribution in [2.75, 3.05) is 5.73 Å². The molecule has 0 atom stereocenters. The largest absolute Gasteiger partial charge is 0.397 e. The number of nitrogens with zero attached hydrogens (tertiary/aromatic N) is 5. The highest BCUT2D eigenvalue weighted by Gasteiger charge is 2.26. The Kier molecular flexibility index (Phi) is 3.68. The molecule has 7 nitrogen and oxygen atoms in total. The van der Waals surface area contributed by atoms with E-state index in [0.717, 1.165) is 22.5 Å². The predicted molar refractivity (Wildman–Crippen MR) is 93.0 cm³/mol. The Morgan fingerprint density at radius 1 is 1.24 bits per heavy atom. The van der Waals surface area contributed by atoms with Crippen LogP contribution in [0.25, 0.3) is 11.3 Å². The summed E-state index contributed by atoms with van der Waals surface area (Å²) in [5.74, 6) is 0.0127. The van der Waals surface area contributed by atoms with Crippen molar-refractivity contribution in [3.05, 3.63) is 59.8 Å². The zero-order chi connectivity index (χ0) is 17.4. The fourth-order valence-electron chi connectivity index (χ4n) is 3.05. The van der Waals surface area contributed by atoms with E-state index in [4.69, 9.17) is 5.73 Å². The van der Waals surface area contributed by atoms with Crippen molar-refractivity contribution >= 4 is 11.6 Å². The maximum absolute atomic E-state index is 12.7. The van der Waals surface area contributed by atoms with Gasteiger partial charge in [0.05, 0.1) is 41.9 Å². The van der Waals surface area contributed by atoms with Crippen LogP contribution in [0.5, 0.6) is 0 Å². The second-order valence-electron chi connectivity index (χ2n) is 6.14. The number of aryl methyl sites for hydroxylation is 1. The van der Waals surface area contributed by atoms with Gasteiger partial charge in [0.25, 0.3) is 0 Å². The molecule has 0 unspecified atom stereocenters. The van der Waals surface area contributed by atoms with Crippen LogP contribution in [0.4, 0.5) is 5.69 Å². The topological polar surface area (TPSA) is 89.9 Å². The van der Waals surface area contributed by atoms with Gasteiger partial charge in [-0.25, -0.2) is 0 Å². The molecule has 25 heavy (non-hydrogen) atoms. The quantitative estimate of drug-likeness (QED) is 0.785. The van der Waals surface area contributed by atoms with Crippen molar-refractivity contribution in [3.8, 4) is 11.3 Å². The van der Waals surface area contributed by atoms with E-state index >= 15 is 0 Å². The molecule has 0 bridgehead atoms. The number of hydrogen-bond donors (Lipinski definition) is 1. The Bertz CT molecular complexity index is 934. The van der Waals surface area contributed by atoms with Crippen molar-refractivity contribution < 1.29 is 4.79 Å². The Labute approximate surface area is 145 Å². The number of hydrogen-bond acceptors (Lipinski definition) is 5. The number of nitrogens with two attached hydrogens (primary N) is 1. The van der Waals surface area contributed by atoms with Gasteiger partial charge in [-0.15, -0.1) is 0 Å². The van der Waals surface area contributed by atoms with Crippen molar-refractivity contribution in [2.45, 2.75) is 19.5 Å². The summed E-state index contributed by atoms with van der Waals surface area (Å²) in [6.07, 6.45) is 5.46. The number of amides is 1. The summed E-state index contributed by atoms with van der Waals surface area (Å²) in [6.45, 7) is 1.16. The summed E-state index contributed by atoms with van der Waals surface area (Å²) >= 11 is 0. The average molecular weight is 334 g/mol. The highest BCUT2D eigenvalue weighted by atomic mass is 16.2. The van der Waals surface area contributed by atoms with Crippen LogP contribution < -0.4 is 5.73 Å². The lowest BCUT2D eigenvalue weighted by Gasteiger charge is -2.16. The minimum absolute atomic E-state index is 0.0127. The molecular weight excluding hydrogens is 316 g/mol. The highest BCUT2D eigenvalue weighted by molar-refractivity contribution is 5.80. The van der Waals surface area contributed by atoms with Crippen LogP contribution in [0.3, 0.4) is 0 Å². The van der Waals surface area contributed by atoms with E-state index in [2.05, 4.69) is 15.1 Å². The van der Waals surface area contributed by atoms with Gasteiger partial charge >= 0.3 is 0 Å². The van der Waals surface area contributed by atoms with Crippen LogP contribution in [0.2, 0.25) is 0 Å². The van der Waals surface area contributed by atoms with Crippen LogP contribution in [0, 0.1) is 0 Å². The van der Waals surface area contributed by atoms with Crippen LogP contribution in [0.15, 0.2) is 42.9 Å². The third kappa shape index (κ3) is 2.84. The number of carbonyl (C=O) groups excluding carboxylic acids is 1. The number of rotatable bonds is 3. The predicted octanol–water partition coefficient (Wildman–Crippen LogP) is 1.54. The maximum atomic E-state index is 12.7. The Morgan fingerprint density at radius 2 is 2.12 bits per heavy atom. The highest BCUT2D eigenvalue weighted by Crippen LogP contribution is 2.24. The first-order chi connectivity index (χ1) is 12.1. The summed E-state index contributed by atoms with van der Waals surface area (Å²) in [5.41, 5.74) is 11.0. The molecule has 0 saturated heterocycles. The summed E-state index contributed by atoms with van der Waals surface area (Å²) in [7, 11) is 1.89. The Hall–Kier alpha value is -3.22. The van der Waals surface area contributed by atoms with Gasteiger partial charge in [0.15, 0.2) is 0 Å². The molecule has 1 aliphatic heterocycles. The van der Waals surface area contributed by atoms with E-state index in [1.54, 1.807) is 18.5 Å². The zero-order valence-electron chi connectivity index (χ0n) is 13.9. The van der Waals surface area contributed by atoms with Crippen molar-refractivity contribution in [1.29, 1.82) is 0 Å². The number of aromatic nitrogens is 4. The monoisotopic (exact) mass is 334 g/mol. The molecule has 4 rings (SSSR count). The van der Waals surface area contributed by atoms with Gasteiger partial charge in [-0.05, 0) is 24.3 Å². The van der Waals surface area contributed by atoms with Crippen LogP contribution in [-0.2, 0) is 31.4 Å². The molecule has 0 aliphatic carbocycles. The average Bonchev–Trinajstić information content (AvgIpc) is 3.20. The minimum atomic E-state index is 0.0127. The van der Waals surface area contributed by atoms with Gasteiger partial charge < -0.3 is 10.6 Å². The van der Waals surface area contributed by atoms with Gasteiger partial charge in [0.2, 0.25) is 5.91 Å². The second kappa shape index (κ2) is 6.01. The molecule has 0 radical (unpaired) electrons. The van der Waals surface area contributed by atoms with Crippen molar-refractivity contribution in [3.63, 3.8) is 0 Å². The Balaban J connectivity index is 1.54. The third-order valence-corrected chi connectivity index (χ3v) is 4.49. The van der Waals surface area contributed by atoms with Crippen molar-refractivity contribution in [2.24, 2.45) is 7.05 Å². The first-order valence-corrected chi connectivity index (χ1v) is 8.05. The molecule has 2 N–H and O–H groups in total. The number of anilines is 1. The molecule has 0 aromatic carbocycles. The normalized spacial score (nSPS) is 13.1. The summed E-state index contributed by atoms with van der Waals surface area (Å²) in [6, 6.07) is 7.42. The number of fused-ring (bicyclic) bond motifs is 1. The van der Waals surface area contributed by atoms with Gasteiger partial charge in [-0.3, -0.25) is 19.4 Å². The molecular formula is C18H18N6O. The van der Waals surface area contributed by atoms with E-state index < -0.39 is 0 Å². The van der Waals surface area contributed by atoms with E-state index in [9.17, 15) is 4.79 Å². The maximum Gasteiger partial charge on any atom is 0.229 e. The summed E-state index contributed by atoms with van der Waals surface area (Å²) in [5, 5.41) is 4.22. The van der Waals surface area contributed by atoms with Crippen LogP contribution in [-0.4, -0.2) is 30.6 Å². The second-order valence-corrected chi connectivity index (χ2v) is 6.14. The molecule has 126 valence electrons. The third-order valence-electron chi connectivity index (χ3n) is 4.49. The van der Waals surface area contributed by atoms with Gasteiger partial charge in [-0.2, -0.15) is 5.10 Å². The molecule has 1 amide bonds. The summed E-state index contributed by atoms with van der Waals surface area (Å²) < 4.78 is 1.82. The molecule has 0 spiro atoms. The number of nitrogen functional groups attached to an aromatic ring is 1. The standard InChI is InChI=1S/C18H18N6O/c1-23-17-11-24(10-13(17)9-21-23)18(25)7-16-14(19)4-5-15(22-16)12-3-2-6-20-8-12/h2-6,8-9H,7,10-11,19H2,1H3.